The van der Waals surface area contributed by atoms with Crippen LogP contribution in [-0.4, -0.2) is 12.1 Å². The highest BCUT2D eigenvalue weighted by Crippen LogP contribution is 2.15. The van der Waals surface area contributed by atoms with Crippen LogP contribution in [0, 0.1) is 5.92 Å². The van der Waals surface area contributed by atoms with Crippen LogP contribution in [0.2, 0.25) is 0 Å². The first-order valence-electron chi connectivity index (χ1n) is 6.55. The Morgan fingerprint density at radius 2 is 1.88 bits per heavy atom. The van der Waals surface area contributed by atoms with Gasteiger partial charge < -0.3 is 4.74 Å². The van der Waals surface area contributed by atoms with E-state index in [1.807, 2.05) is 33.8 Å². The van der Waals surface area contributed by atoms with Crippen LogP contribution in [0.5, 0.6) is 0 Å². The topological polar surface area (TPSA) is 26.3 Å². The van der Waals surface area contributed by atoms with Crippen molar-refractivity contribution < 1.29 is 9.53 Å². The zero-order chi connectivity index (χ0) is 13.0. The Morgan fingerprint density at radius 1 is 1.31 bits per heavy atom. The first-order valence-corrected chi connectivity index (χ1v) is 6.55. The van der Waals surface area contributed by atoms with Crippen LogP contribution in [-0.2, 0) is 9.53 Å². The molecule has 1 atom stereocenters. The number of rotatable bonds is 3. The third-order valence-electron chi connectivity index (χ3n) is 2.00. The molecule has 0 radical (unpaired) electrons. The zero-order valence-electron chi connectivity index (χ0n) is 11.7. The summed E-state index contributed by atoms with van der Waals surface area (Å²) in [5.74, 6) is 0.504. The predicted molar refractivity (Wildman–Crippen MR) is 70.4 cm³/mol. The van der Waals surface area contributed by atoms with E-state index in [1.165, 1.54) is 6.08 Å². The van der Waals surface area contributed by atoms with Gasteiger partial charge in [0.15, 0.2) is 0 Å². The monoisotopic (exact) mass is 228 g/mol. The number of ether oxygens (including phenoxy) is 1. The molecule has 1 aliphatic heterocycles. The van der Waals surface area contributed by atoms with Crippen LogP contribution >= 0.6 is 0 Å². The van der Waals surface area contributed by atoms with Crippen molar-refractivity contribution in [3.63, 3.8) is 0 Å². The molecular formula is C14H28O2. The van der Waals surface area contributed by atoms with Gasteiger partial charge in [-0.15, -0.1) is 0 Å². The molecule has 1 heterocycles. The minimum Gasteiger partial charge on any atom is -0.459 e. The standard InChI is InChI=1S/C10H16O2.2C2H6/c1-8(2)6-7-9-4-3-5-10(11)12-9;2*1-2/h3,5,8-9H,4,6-7H2,1-2H3;2*1-2H3/t9-;;/m1../s1. The maximum absolute atomic E-state index is 10.8. The van der Waals surface area contributed by atoms with Crippen molar-refractivity contribution in [3.05, 3.63) is 12.2 Å². The second-order valence-electron chi connectivity index (χ2n) is 3.67. The molecule has 0 amide bonds. The smallest absolute Gasteiger partial charge is 0.330 e. The lowest BCUT2D eigenvalue weighted by Gasteiger charge is -2.19. The SMILES string of the molecule is CC.CC.CC(C)CC[C@H]1CC=CC(=O)O1. The minimum absolute atomic E-state index is 0.130. The van der Waals surface area contributed by atoms with Gasteiger partial charge in [0, 0.05) is 12.5 Å². The van der Waals surface area contributed by atoms with E-state index in [0.717, 1.165) is 19.3 Å². The fraction of sp³-hybridized carbons (Fsp3) is 0.786. The number of esters is 1. The van der Waals surface area contributed by atoms with Crippen LogP contribution < -0.4 is 0 Å². The fourth-order valence-electron chi connectivity index (χ4n) is 1.26. The molecule has 2 heteroatoms. The van der Waals surface area contributed by atoms with E-state index in [4.69, 9.17) is 4.74 Å². The first-order chi connectivity index (χ1) is 7.68. The summed E-state index contributed by atoms with van der Waals surface area (Å²) in [5, 5.41) is 0. The first kappa shape index (κ1) is 17.6. The Labute approximate surface area is 101 Å². The second kappa shape index (κ2) is 12.3. The highest BCUT2D eigenvalue weighted by atomic mass is 16.5. The summed E-state index contributed by atoms with van der Waals surface area (Å²) in [6.07, 6.45) is 6.55. The van der Waals surface area contributed by atoms with Gasteiger partial charge in [-0.2, -0.15) is 0 Å². The van der Waals surface area contributed by atoms with Crippen LogP contribution in [0.15, 0.2) is 12.2 Å². The second-order valence-corrected chi connectivity index (χ2v) is 3.67. The summed E-state index contributed by atoms with van der Waals surface area (Å²) in [4.78, 5) is 10.8. The van der Waals surface area contributed by atoms with Gasteiger partial charge in [-0.1, -0.05) is 47.6 Å². The Morgan fingerprint density at radius 3 is 2.31 bits per heavy atom. The molecule has 0 saturated heterocycles. The van der Waals surface area contributed by atoms with Crippen molar-refractivity contribution >= 4 is 5.97 Å². The number of cyclic esters (lactones) is 1. The molecule has 0 N–H and O–H groups in total. The van der Waals surface area contributed by atoms with Crippen molar-refractivity contribution in [2.45, 2.75) is 66.9 Å². The summed E-state index contributed by atoms with van der Waals surface area (Å²) in [5.41, 5.74) is 0. The molecule has 0 aliphatic carbocycles. The Kier molecular flexibility index (Phi) is 13.5. The minimum atomic E-state index is -0.185. The molecule has 2 nitrogen and oxygen atoms in total. The predicted octanol–water partition coefficient (Wildman–Crippen LogP) is 4.35. The lowest BCUT2D eigenvalue weighted by molar-refractivity contribution is -0.144. The maximum Gasteiger partial charge on any atom is 0.330 e. The largest absolute Gasteiger partial charge is 0.459 e. The Balaban J connectivity index is 0. The van der Waals surface area contributed by atoms with Crippen LogP contribution in [0.4, 0.5) is 0 Å². The molecule has 0 aromatic rings. The average molecular weight is 228 g/mol. The molecule has 0 saturated carbocycles. The van der Waals surface area contributed by atoms with Gasteiger partial charge in [0.25, 0.3) is 0 Å². The maximum atomic E-state index is 10.8. The molecule has 0 fully saturated rings. The lowest BCUT2D eigenvalue weighted by atomic mass is 10.0. The van der Waals surface area contributed by atoms with Gasteiger partial charge in [-0.05, 0) is 18.8 Å². The van der Waals surface area contributed by atoms with Crippen LogP contribution in [0.3, 0.4) is 0 Å². The zero-order valence-corrected chi connectivity index (χ0v) is 11.7. The van der Waals surface area contributed by atoms with E-state index in [-0.39, 0.29) is 12.1 Å². The molecular weight excluding hydrogens is 200 g/mol. The summed E-state index contributed by atoms with van der Waals surface area (Å²) in [6, 6.07) is 0. The third kappa shape index (κ3) is 9.75. The molecule has 1 aliphatic rings. The molecule has 96 valence electrons. The molecule has 0 aromatic carbocycles. The van der Waals surface area contributed by atoms with Crippen molar-refractivity contribution in [2.75, 3.05) is 0 Å². The van der Waals surface area contributed by atoms with Gasteiger partial charge in [-0.3, -0.25) is 0 Å². The van der Waals surface area contributed by atoms with E-state index in [2.05, 4.69) is 13.8 Å². The third-order valence-corrected chi connectivity index (χ3v) is 2.00. The number of hydrogen-bond donors (Lipinski definition) is 0. The average Bonchev–Trinajstić information content (AvgIpc) is 2.32. The summed E-state index contributed by atoms with van der Waals surface area (Å²) in [7, 11) is 0. The molecule has 0 bridgehead atoms. The quantitative estimate of drug-likeness (QED) is 0.671. The number of carbonyl (C=O) groups is 1. The van der Waals surface area contributed by atoms with Gasteiger partial charge >= 0.3 is 5.97 Å². The van der Waals surface area contributed by atoms with Gasteiger partial charge in [0.2, 0.25) is 0 Å². The Bertz CT molecular complexity index is 183. The van der Waals surface area contributed by atoms with Gasteiger partial charge in [0.05, 0.1) is 0 Å². The van der Waals surface area contributed by atoms with Crippen molar-refractivity contribution in [2.24, 2.45) is 5.92 Å². The van der Waals surface area contributed by atoms with E-state index < -0.39 is 0 Å². The molecule has 0 spiro atoms. The van der Waals surface area contributed by atoms with E-state index >= 15 is 0 Å². The van der Waals surface area contributed by atoms with Gasteiger partial charge in [0.1, 0.15) is 6.10 Å². The van der Waals surface area contributed by atoms with Crippen molar-refractivity contribution in [1.82, 2.24) is 0 Å². The van der Waals surface area contributed by atoms with Gasteiger partial charge in [-0.25, -0.2) is 4.79 Å². The lowest BCUT2D eigenvalue weighted by Crippen LogP contribution is -2.20. The fourth-order valence-corrected chi connectivity index (χ4v) is 1.26. The molecule has 0 unspecified atom stereocenters. The van der Waals surface area contributed by atoms with Crippen LogP contribution in [0.1, 0.15) is 60.8 Å². The summed E-state index contributed by atoms with van der Waals surface area (Å²) >= 11 is 0. The van der Waals surface area contributed by atoms with Crippen molar-refractivity contribution in [1.29, 1.82) is 0 Å². The van der Waals surface area contributed by atoms with Crippen molar-refractivity contribution in [3.8, 4) is 0 Å². The van der Waals surface area contributed by atoms with E-state index in [0.29, 0.717) is 5.92 Å². The molecule has 1 rings (SSSR count). The van der Waals surface area contributed by atoms with E-state index in [9.17, 15) is 4.79 Å². The number of hydrogen-bond acceptors (Lipinski definition) is 2. The summed E-state index contributed by atoms with van der Waals surface area (Å²) in [6.45, 7) is 12.4. The summed E-state index contributed by atoms with van der Waals surface area (Å²) < 4.78 is 5.11. The molecule has 0 aromatic heterocycles. The van der Waals surface area contributed by atoms with Crippen LogP contribution in [0.25, 0.3) is 0 Å². The van der Waals surface area contributed by atoms with E-state index in [1.54, 1.807) is 0 Å². The Hall–Kier alpha value is -0.790. The highest BCUT2D eigenvalue weighted by molar-refractivity contribution is 5.82. The molecule has 16 heavy (non-hydrogen) atoms. The number of carbonyl (C=O) groups excluding carboxylic acids is 1. The normalized spacial score (nSPS) is 17.9. The highest BCUT2D eigenvalue weighted by Gasteiger charge is 2.15.